The van der Waals surface area contributed by atoms with E-state index < -0.39 is 0 Å². The first kappa shape index (κ1) is 10.5. The van der Waals surface area contributed by atoms with Gasteiger partial charge in [-0.2, -0.15) is 0 Å². The molecule has 1 nitrogen and oxygen atoms in total. The Bertz CT molecular complexity index is 187. The maximum absolute atomic E-state index is 11.8. The van der Waals surface area contributed by atoms with Gasteiger partial charge in [-0.05, 0) is 19.3 Å². The molecule has 1 saturated carbocycles. The van der Waals surface area contributed by atoms with Gasteiger partial charge in [-0.25, -0.2) is 0 Å². The molecule has 0 aromatic carbocycles. The van der Waals surface area contributed by atoms with Crippen LogP contribution in [0, 0.1) is 5.41 Å². The van der Waals surface area contributed by atoms with Crippen LogP contribution in [0.5, 0.6) is 0 Å². The van der Waals surface area contributed by atoms with Crippen LogP contribution < -0.4 is 0 Å². The van der Waals surface area contributed by atoms with Gasteiger partial charge in [-0.15, -0.1) is 6.58 Å². The molecule has 0 aromatic heterocycles. The van der Waals surface area contributed by atoms with E-state index in [4.69, 9.17) is 0 Å². The number of Topliss-reactive ketones (excluding diaryl/α,β-unsaturated/α-hetero) is 1. The van der Waals surface area contributed by atoms with Crippen LogP contribution in [0.15, 0.2) is 12.7 Å². The van der Waals surface area contributed by atoms with E-state index in [-0.39, 0.29) is 5.41 Å². The topological polar surface area (TPSA) is 17.1 Å². The van der Waals surface area contributed by atoms with Gasteiger partial charge in [0.2, 0.25) is 0 Å². The highest BCUT2D eigenvalue weighted by molar-refractivity contribution is 5.84. The van der Waals surface area contributed by atoms with E-state index in [2.05, 4.69) is 13.5 Å². The predicted molar refractivity (Wildman–Crippen MR) is 55.6 cm³/mol. The van der Waals surface area contributed by atoms with Crippen molar-refractivity contribution >= 4 is 5.78 Å². The average molecular weight is 180 g/mol. The molecule has 1 aliphatic carbocycles. The lowest BCUT2D eigenvalue weighted by atomic mass is 9.72. The second kappa shape index (κ2) is 4.59. The fourth-order valence-electron chi connectivity index (χ4n) is 2.15. The van der Waals surface area contributed by atoms with E-state index in [1.54, 1.807) is 0 Å². The van der Waals surface area contributed by atoms with Crippen LogP contribution in [0.2, 0.25) is 0 Å². The van der Waals surface area contributed by atoms with Gasteiger partial charge >= 0.3 is 0 Å². The molecule has 0 heterocycles. The first-order valence-corrected chi connectivity index (χ1v) is 5.33. The van der Waals surface area contributed by atoms with E-state index in [1.165, 1.54) is 19.3 Å². The Labute approximate surface area is 81.2 Å². The lowest BCUT2D eigenvalue weighted by Gasteiger charge is -2.31. The predicted octanol–water partition coefficient (Wildman–Crippen LogP) is 3.49. The normalized spacial score (nSPS) is 21.0. The van der Waals surface area contributed by atoms with Gasteiger partial charge in [0, 0.05) is 11.8 Å². The van der Waals surface area contributed by atoms with Crippen molar-refractivity contribution in [2.75, 3.05) is 0 Å². The van der Waals surface area contributed by atoms with E-state index in [0.29, 0.717) is 12.2 Å². The summed E-state index contributed by atoms with van der Waals surface area (Å²) in [5, 5.41) is 0. The molecule has 1 aliphatic rings. The Morgan fingerprint density at radius 3 is 2.54 bits per heavy atom. The molecule has 1 heteroatoms. The SMILES string of the molecule is C=CCCC(=O)C1(C)CCCCC1. The van der Waals surface area contributed by atoms with E-state index in [0.717, 1.165) is 19.3 Å². The van der Waals surface area contributed by atoms with E-state index >= 15 is 0 Å². The minimum absolute atomic E-state index is 0.00125. The highest BCUT2D eigenvalue weighted by atomic mass is 16.1. The largest absolute Gasteiger partial charge is 0.299 e. The number of hydrogen-bond acceptors (Lipinski definition) is 1. The minimum atomic E-state index is 0.00125. The monoisotopic (exact) mass is 180 g/mol. The summed E-state index contributed by atoms with van der Waals surface area (Å²) in [5.41, 5.74) is 0.00125. The zero-order chi connectivity index (χ0) is 9.73. The molecule has 0 unspecified atom stereocenters. The smallest absolute Gasteiger partial charge is 0.139 e. The molecular weight excluding hydrogens is 160 g/mol. The molecule has 0 amide bonds. The lowest BCUT2D eigenvalue weighted by molar-refractivity contribution is -0.129. The summed E-state index contributed by atoms with van der Waals surface area (Å²) in [4.78, 5) is 11.8. The standard InChI is InChI=1S/C12H20O/c1-3-4-8-11(13)12(2)9-6-5-7-10-12/h3H,1,4-10H2,2H3. The molecule has 0 aromatic rings. The summed E-state index contributed by atoms with van der Waals surface area (Å²) in [6.45, 7) is 5.78. The van der Waals surface area contributed by atoms with Crippen LogP contribution in [0.4, 0.5) is 0 Å². The number of ketones is 1. The highest BCUT2D eigenvalue weighted by Gasteiger charge is 2.33. The molecule has 13 heavy (non-hydrogen) atoms. The Morgan fingerprint density at radius 2 is 2.00 bits per heavy atom. The molecule has 0 saturated heterocycles. The van der Waals surface area contributed by atoms with Gasteiger partial charge in [-0.1, -0.05) is 32.3 Å². The summed E-state index contributed by atoms with van der Waals surface area (Å²) in [6.07, 6.45) is 9.35. The van der Waals surface area contributed by atoms with Crippen molar-refractivity contribution in [3.8, 4) is 0 Å². The Balaban J connectivity index is 2.46. The maximum Gasteiger partial charge on any atom is 0.139 e. The van der Waals surface area contributed by atoms with Gasteiger partial charge < -0.3 is 0 Å². The quantitative estimate of drug-likeness (QED) is 0.605. The highest BCUT2D eigenvalue weighted by Crippen LogP contribution is 2.37. The second-order valence-electron chi connectivity index (χ2n) is 4.37. The summed E-state index contributed by atoms with van der Waals surface area (Å²) in [7, 11) is 0. The summed E-state index contributed by atoms with van der Waals surface area (Å²) < 4.78 is 0. The molecule has 0 N–H and O–H groups in total. The first-order chi connectivity index (χ1) is 6.19. The third-order valence-corrected chi connectivity index (χ3v) is 3.21. The second-order valence-corrected chi connectivity index (χ2v) is 4.37. The fourth-order valence-corrected chi connectivity index (χ4v) is 2.15. The van der Waals surface area contributed by atoms with Crippen LogP contribution >= 0.6 is 0 Å². The van der Waals surface area contributed by atoms with Crippen molar-refractivity contribution in [1.82, 2.24) is 0 Å². The molecule has 0 radical (unpaired) electrons. The van der Waals surface area contributed by atoms with Crippen molar-refractivity contribution in [3.63, 3.8) is 0 Å². The average Bonchev–Trinajstić information content (AvgIpc) is 2.15. The Hall–Kier alpha value is -0.590. The van der Waals surface area contributed by atoms with E-state index in [1.807, 2.05) is 6.08 Å². The first-order valence-electron chi connectivity index (χ1n) is 5.33. The van der Waals surface area contributed by atoms with Crippen molar-refractivity contribution in [1.29, 1.82) is 0 Å². The van der Waals surface area contributed by atoms with Gasteiger partial charge in [0.05, 0.1) is 0 Å². The Kier molecular flexibility index (Phi) is 3.71. The van der Waals surface area contributed by atoms with Crippen LogP contribution in [-0.2, 0) is 4.79 Å². The van der Waals surface area contributed by atoms with Gasteiger partial charge in [0.15, 0.2) is 0 Å². The summed E-state index contributed by atoms with van der Waals surface area (Å²) in [6, 6.07) is 0. The fraction of sp³-hybridized carbons (Fsp3) is 0.750. The zero-order valence-electron chi connectivity index (χ0n) is 8.64. The molecule has 74 valence electrons. The summed E-state index contributed by atoms with van der Waals surface area (Å²) >= 11 is 0. The molecular formula is C12H20O. The van der Waals surface area contributed by atoms with Crippen LogP contribution in [-0.4, -0.2) is 5.78 Å². The number of carbonyl (C=O) groups is 1. The number of hydrogen-bond donors (Lipinski definition) is 0. The summed E-state index contributed by atoms with van der Waals surface area (Å²) in [5.74, 6) is 0.451. The van der Waals surface area contributed by atoms with Gasteiger partial charge in [0.1, 0.15) is 5.78 Å². The van der Waals surface area contributed by atoms with Crippen molar-refractivity contribution in [2.45, 2.75) is 51.9 Å². The third kappa shape index (κ3) is 2.68. The Morgan fingerprint density at radius 1 is 1.38 bits per heavy atom. The molecule has 0 atom stereocenters. The molecule has 0 spiro atoms. The van der Waals surface area contributed by atoms with Gasteiger partial charge in [0.25, 0.3) is 0 Å². The zero-order valence-corrected chi connectivity index (χ0v) is 8.64. The molecule has 1 fully saturated rings. The molecule has 1 rings (SSSR count). The number of rotatable bonds is 4. The lowest BCUT2D eigenvalue weighted by Crippen LogP contribution is -2.29. The maximum atomic E-state index is 11.8. The third-order valence-electron chi connectivity index (χ3n) is 3.21. The van der Waals surface area contributed by atoms with Crippen molar-refractivity contribution in [2.24, 2.45) is 5.41 Å². The minimum Gasteiger partial charge on any atom is -0.299 e. The number of carbonyl (C=O) groups excluding carboxylic acids is 1. The van der Waals surface area contributed by atoms with E-state index in [9.17, 15) is 4.79 Å². The van der Waals surface area contributed by atoms with Crippen LogP contribution in [0.3, 0.4) is 0 Å². The number of allylic oxidation sites excluding steroid dienone is 1. The molecule has 0 aliphatic heterocycles. The van der Waals surface area contributed by atoms with Gasteiger partial charge in [-0.3, -0.25) is 4.79 Å². The van der Waals surface area contributed by atoms with Crippen LogP contribution in [0.1, 0.15) is 51.9 Å². The van der Waals surface area contributed by atoms with Crippen molar-refractivity contribution in [3.05, 3.63) is 12.7 Å². The van der Waals surface area contributed by atoms with Crippen molar-refractivity contribution < 1.29 is 4.79 Å². The van der Waals surface area contributed by atoms with Crippen LogP contribution in [0.25, 0.3) is 0 Å². The molecule has 0 bridgehead atoms.